The third-order valence-electron chi connectivity index (χ3n) is 2.74. The van der Waals surface area contributed by atoms with E-state index in [0.717, 1.165) is 24.4 Å². The van der Waals surface area contributed by atoms with Crippen LogP contribution in [0.25, 0.3) is 0 Å². The molecule has 0 spiro atoms. The Bertz CT molecular complexity index is 413. The van der Waals surface area contributed by atoms with Crippen LogP contribution >= 0.6 is 12.4 Å². The number of rotatable bonds is 8. The van der Waals surface area contributed by atoms with Crippen molar-refractivity contribution in [3.63, 3.8) is 0 Å². The highest BCUT2D eigenvalue weighted by Gasteiger charge is 2.07. The largest absolute Gasteiger partial charge is 0.496 e. The van der Waals surface area contributed by atoms with Gasteiger partial charge in [0.05, 0.1) is 13.7 Å². The lowest BCUT2D eigenvalue weighted by molar-refractivity contribution is 0.0953. The second-order valence-corrected chi connectivity index (χ2v) is 4.18. The summed E-state index contributed by atoms with van der Waals surface area (Å²) in [6.45, 7) is 4.70. The first-order valence-electron chi connectivity index (χ1n) is 6.31. The van der Waals surface area contributed by atoms with E-state index < -0.39 is 0 Å². The van der Waals surface area contributed by atoms with Gasteiger partial charge in [-0.1, -0.05) is 6.07 Å². The molecule has 0 aromatic heterocycles. The fourth-order valence-corrected chi connectivity index (χ4v) is 1.63. The topological polar surface area (TPSA) is 59.6 Å². The molecule has 0 aliphatic rings. The molecule has 0 unspecified atom stereocenters. The maximum atomic E-state index is 11.9. The van der Waals surface area contributed by atoms with E-state index in [1.165, 1.54) is 0 Å². The second kappa shape index (κ2) is 10.5. The first-order valence-corrected chi connectivity index (χ1v) is 6.31. The van der Waals surface area contributed by atoms with Crippen molar-refractivity contribution in [3.8, 4) is 5.75 Å². The summed E-state index contributed by atoms with van der Waals surface area (Å²) < 4.78 is 10.1. The fraction of sp³-hybridized carbons (Fsp3) is 0.500. The quantitative estimate of drug-likeness (QED) is 0.713. The van der Waals surface area contributed by atoms with Crippen LogP contribution in [-0.4, -0.2) is 46.4 Å². The van der Waals surface area contributed by atoms with Crippen LogP contribution in [0.15, 0.2) is 18.2 Å². The van der Waals surface area contributed by atoms with Gasteiger partial charge in [0.25, 0.3) is 5.91 Å². The van der Waals surface area contributed by atoms with Crippen molar-refractivity contribution in [1.82, 2.24) is 10.6 Å². The molecule has 0 saturated carbocycles. The summed E-state index contributed by atoms with van der Waals surface area (Å²) in [4.78, 5) is 11.9. The zero-order valence-electron chi connectivity index (χ0n) is 12.2. The molecule has 1 aromatic carbocycles. The first kappa shape index (κ1) is 18.7. The van der Waals surface area contributed by atoms with Crippen molar-refractivity contribution in [3.05, 3.63) is 29.3 Å². The molecule has 1 aromatic rings. The van der Waals surface area contributed by atoms with Gasteiger partial charge in [0, 0.05) is 32.3 Å². The molecule has 0 heterocycles. The molecule has 0 aliphatic heterocycles. The Morgan fingerprint density at radius 1 is 1.20 bits per heavy atom. The minimum absolute atomic E-state index is 0. The average Bonchev–Trinajstić information content (AvgIpc) is 2.43. The standard InChI is InChI=1S/C14H22N2O3.ClH/c1-11-4-5-12(10-13(11)19-3)14(17)16-7-6-15-8-9-18-2;/h4-5,10,15H,6-9H2,1-3H3,(H,16,17);1H. The second-order valence-electron chi connectivity index (χ2n) is 4.18. The summed E-state index contributed by atoms with van der Waals surface area (Å²) in [5.41, 5.74) is 1.62. The summed E-state index contributed by atoms with van der Waals surface area (Å²) >= 11 is 0. The van der Waals surface area contributed by atoms with E-state index in [4.69, 9.17) is 9.47 Å². The molecule has 20 heavy (non-hydrogen) atoms. The number of ether oxygens (including phenoxy) is 2. The minimum Gasteiger partial charge on any atom is -0.496 e. The van der Waals surface area contributed by atoms with Gasteiger partial charge in [0.2, 0.25) is 0 Å². The lowest BCUT2D eigenvalue weighted by atomic mass is 10.1. The molecule has 0 bridgehead atoms. The van der Waals surface area contributed by atoms with Crippen molar-refractivity contribution < 1.29 is 14.3 Å². The maximum absolute atomic E-state index is 11.9. The van der Waals surface area contributed by atoms with E-state index in [0.29, 0.717) is 18.7 Å². The predicted octanol–water partition coefficient (Wildman–Crippen LogP) is 1.39. The highest BCUT2D eigenvalue weighted by Crippen LogP contribution is 2.18. The molecule has 6 heteroatoms. The molecule has 0 saturated heterocycles. The van der Waals surface area contributed by atoms with Gasteiger partial charge < -0.3 is 20.1 Å². The zero-order chi connectivity index (χ0) is 14.1. The van der Waals surface area contributed by atoms with E-state index in [1.54, 1.807) is 26.4 Å². The summed E-state index contributed by atoms with van der Waals surface area (Å²) in [6.07, 6.45) is 0. The van der Waals surface area contributed by atoms with Crippen molar-refractivity contribution in [2.24, 2.45) is 0 Å². The number of benzene rings is 1. The predicted molar refractivity (Wildman–Crippen MR) is 82.1 cm³/mol. The Morgan fingerprint density at radius 3 is 2.60 bits per heavy atom. The lowest BCUT2D eigenvalue weighted by Crippen LogP contribution is -2.33. The van der Waals surface area contributed by atoms with Gasteiger partial charge in [0.1, 0.15) is 5.75 Å². The third kappa shape index (κ3) is 6.23. The van der Waals surface area contributed by atoms with E-state index in [1.807, 2.05) is 13.0 Å². The molecule has 0 aliphatic carbocycles. The summed E-state index contributed by atoms with van der Waals surface area (Å²) in [5, 5.41) is 6.01. The number of amides is 1. The average molecular weight is 303 g/mol. The van der Waals surface area contributed by atoms with Crippen LogP contribution in [0.2, 0.25) is 0 Å². The van der Waals surface area contributed by atoms with Gasteiger partial charge in [-0.05, 0) is 24.6 Å². The molecule has 1 rings (SSSR count). The van der Waals surface area contributed by atoms with E-state index in [9.17, 15) is 4.79 Å². The Balaban J connectivity index is 0.00000361. The maximum Gasteiger partial charge on any atom is 0.251 e. The molecule has 1 amide bonds. The van der Waals surface area contributed by atoms with Crippen molar-refractivity contribution >= 4 is 18.3 Å². The van der Waals surface area contributed by atoms with Gasteiger partial charge in [-0.3, -0.25) is 4.79 Å². The molecule has 2 N–H and O–H groups in total. The number of aryl methyl sites for hydroxylation is 1. The SMILES string of the molecule is COCCNCCNC(=O)c1ccc(C)c(OC)c1.Cl. The van der Waals surface area contributed by atoms with E-state index in [-0.39, 0.29) is 18.3 Å². The Morgan fingerprint density at radius 2 is 1.95 bits per heavy atom. The number of hydrogen-bond acceptors (Lipinski definition) is 4. The number of halogens is 1. The summed E-state index contributed by atoms with van der Waals surface area (Å²) in [7, 11) is 3.26. The highest BCUT2D eigenvalue weighted by atomic mass is 35.5. The summed E-state index contributed by atoms with van der Waals surface area (Å²) in [6, 6.07) is 5.43. The van der Waals surface area contributed by atoms with Gasteiger partial charge in [-0.25, -0.2) is 0 Å². The molecule has 5 nitrogen and oxygen atoms in total. The molecular weight excluding hydrogens is 280 g/mol. The zero-order valence-corrected chi connectivity index (χ0v) is 13.0. The van der Waals surface area contributed by atoms with Crippen molar-refractivity contribution in [2.75, 3.05) is 40.5 Å². The fourth-order valence-electron chi connectivity index (χ4n) is 1.63. The van der Waals surface area contributed by atoms with Gasteiger partial charge in [-0.2, -0.15) is 0 Å². The van der Waals surface area contributed by atoms with Crippen LogP contribution in [0, 0.1) is 6.92 Å². The van der Waals surface area contributed by atoms with Crippen molar-refractivity contribution in [2.45, 2.75) is 6.92 Å². The first-order chi connectivity index (χ1) is 9.19. The Labute approximate surface area is 126 Å². The normalized spacial score (nSPS) is 9.75. The van der Waals surface area contributed by atoms with Crippen molar-refractivity contribution in [1.29, 1.82) is 0 Å². The van der Waals surface area contributed by atoms with Crippen LogP contribution in [0.1, 0.15) is 15.9 Å². The molecule has 114 valence electrons. The minimum atomic E-state index is -0.0909. The Kier molecular flexibility index (Phi) is 9.80. The molecule has 0 fully saturated rings. The van der Waals surface area contributed by atoms with Crippen LogP contribution in [0.5, 0.6) is 5.75 Å². The van der Waals surface area contributed by atoms with Gasteiger partial charge >= 0.3 is 0 Å². The van der Waals surface area contributed by atoms with Crippen LogP contribution in [-0.2, 0) is 4.74 Å². The number of carbonyl (C=O) groups is 1. The summed E-state index contributed by atoms with van der Waals surface area (Å²) in [5.74, 6) is 0.637. The molecular formula is C14H23ClN2O3. The number of hydrogen-bond donors (Lipinski definition) is 2. The lowest BCUT2D eigenvalue weighted by Gasteiger charge is -2.09. The Hall–Kier alpha value is -1.30. The van der Waals surface area contributed by atoms with Gasteiger partial charge in [-0.15, -0.1) is 12.4 Å². The van der Waals surface area contributed by atoms with Gasteiger partial charge in [0.15, 0.2) is 0 Å². The smallest absolute Gasteiger partial charge is 0.251 e. The number of nitrogens with one attached hydrogen (secondary N) is 2. The highest BCUT2D eigenvalue weighted by molar-refractivity contribution is 5.94. The van der Waals surface area contributed by atoms with E-state index >= 15 is 0 Å². The molecule has 0 atom stereocenters. The number of carbonyl (C=O) groups excluding carboxylic acids is 1. The van der Waals surface area contributed by atoms with Crippen LogP contribution < -0.4 is 15.4 Å². The van der Waals surface area contributed by atoms with Crippen LogP contribution in [0.3, 0.4) is 0 Å². The van der Waals surface area contributed by atoms with E-state index in [2.05, 4.69) is 10.6 Å². The number of methoxy groups -OCH3 is 2. The monoisotopic (exact) mass is 302 g/mol. The third-order valence-corrected chi connectivity index (χ3v) is 2.74. The molecule has 0 radical (unpaired) electrons. The van der Waals surface area contributed by atoms with Crippen LogP contribution in [0.4, 0.5) is 0 Å².